The van der Waals surface area contributed by atoms with Gasteiger partial charge in [-0.3, -0.25) is 0 Å². The Labute approximate surface area is 270 Å². The Morgan fingerprint density at radius 1 is 0.511 bits per heavy atom. The molecule has 0 aliphatic carbocycles. The Bertz CT molecular complexity index is 2510. The standard InChI is InChI=1S/C43H29BrO/c44-39-26-21-30-19-24-35-32(23-18-29-20-25-38(39)42(30)41(29)35)33(22-17-28-11-4-5-12-31(28)27-9-2-1-3-10-27)36-14-8-15-37-34-13-6-7-16-40(34)45-43(36)37/h1-16,18-21,23-26,33H,17,22H2. The van der Waals surface area contributed by atoms with Gasteiger partial charge in [0.25, 0.3) is 0 Å². The van der Waals surface area contributed by atoms with E-state index in [2.05, 4.69) is 162 Å². The summed E-state index contributed by atoms with van der Waals surface area (Å²) in [6.07, 6.45) is 1.90. The maximum absolute atomic E-state index is 6.67. The molecule has 8 aromatic carbocycles. The maximum Gasteiger partial charge on any atom is 0.139 e. The topological polar surface area (TPSA) is 13.1 Å². The zero-order chi connectivity index (χ0) is 29.9. The molecule has 0 saturated carbocycles. The van der Waals surface area contributed by atoms with Gasteiger partial charge in [-0.15, -0.1) is 0 Å². The molecule has 0 fully saturated rings. The van der Waals surface area contributed by atoms with Crippen molar-refractivity contribution < 1.29 is 4.42 Å². The number of para-hydroxylation sites is 2. The van der Waals surface area contributed by atoms with Gasteiger partial charge in [0.2, 0.25) is 0 Å². The van der Waals surface area contributed by atoms with Crippen molar-refractivity contribution in [2.24, 2.45) is 0 Å². The number of fused-ring (bicyclic) bond motifs is 3. The number of benzene rings is 8. The van der Waals surface area contributed by atoms with E-state index in [1.807, 2.05) is 0 Å². The zero-order valence-electron chi connectivity index (χ0n) is 24.6. The van der Waals surface area contributed by atoms with E-state index in [-0.39, 0.29) is 5.92 Å². The van der Waals surface area contributed by atoms with Crippen molar-refractivity contribution in [3.8, 4) is 11.1 Å². The van der Waals surface area contributed by atoms with E-state index in [9.17, 15) is 0 Å². The first kappa shape index (κ1) is 26.5. The third kappa shape index (κ3) is 4.28. The summed E-state index contributed by atoms with van der Waals surface area (Å²) in [5, 5.41) is 10.2. The van der Waals surface area contributed by atoms with Crippen LogP contribution in [-0.2, 0) is 6.42 Å². The molecule has 0 aliphatic rings. The molecule has 1 heterocycles. The molecule has 1 unspecified atom stereocenters. The average molecular weight is 642 g/mol. The fourth-order valence-electron chi connectivity index (χ4n) is 7.55. The van der Waals surface area contributed by atoms with Crippen LogP contribution in [0.15, 0.2) is 154 Å². The molecule has 214 valence electrons. The summed E-state index contributed by atoms with van der Waals surface area (Å²) >= 11 is 3.83. The number of aryl methyl sites for hydroxylation is 1. The highest BCUT2D eigenvalue weighted by atomic mass is 79.9. The molecular formula is C43H29BrO. The molecule has 0 amide bonds. The molecule has 0 aliphatic heterocycles. The average Bonchev–Trinajstić information content (AvgIpc) is 3.48. The molecule has 0 bridgehead atoms. The highest BCUT2D eigenvalue weighted by Crippen LogP contribution is 2.45. The SMILES string of the molecule is Brc1ccc2ccc3c(C(CCc4ccccc4-c4ccccc4)c4cccc5c4oc4ccccc45)ccc4ccc1c2c43. The Morgan fingerprint density at radius 3 is 2.09 bits per heavy atom. The van der Waals surface area contributed by atoms with Crippen LogP contribution >= 0.6 is 15.9 Å². The summed E-state index contributed by atoms with van der Waals surface area (Å²) in [5.74, 6) is 0.131. The Morgan fingerprint density at radius 2 is 1.20 bits per heavy atom. The zero-order valence-corrected chi connectivity index (χ0v) is 26.2. The molecule has 2 heteroatoms. The Balaban J connectivity index is 1.27. The van der Waals surface area contributed by atoms with Crippen LogP contribution in [0.4, 0.5) is 0 Å². The molecule has 0 spiro atoms. The summed E-state index contributed by atoms with van der Waals surface area (Å²) in [4.78, 5) is 0. The Hall–Kier alpha value is -4.92. The van der Waals surface area contributed by atoms with Crippen molar-refractivity contribution >= 4 is 70.2 Å². The van der Waals surface area contributed by atoms with Gasteiger partial charge in [-0.2, -0.15) is 0 Å². The lowest BCUT2D eigenvalue weighted by Gasteiger charge is -2.23. The van der Waals surface area contributed by atoms with Crippen LogP contribution in [0.2, 0.25) is 0 Å². The van der Waals surface area contributed by atoms with Crippen LogP contribution in [-0.4, -0.2) is 0 Å². The molecule has 9 aromatic rings. The van der Waals surface area contributed by atoms with Crippen LogP contribution in [0, 0.1) is 0 Å². The molecule has 9 rings (SSSR count). The van der Waals surface area contributed by atoms with Crippen LogP contribution in [0.25, 0.3) is 65.4 Å². The van der Waals surface area contributed by atoms with Gasteiger partial charge in [0, 0.05) is 26.7 Å². The number of hydrogen-bond donors (Lipinski definition) is 0. The van der Waals surface area contributed by atoms with E-state index < -0.39 is 0 Å². The molecule has 1 nitrogen and oxygen atoms in total. The second-order valence-electron chi connectivity index (χ2n) is 12.1. The van der Waals surface area contributed by atoms with Gasteiger partial charge in [0.15, 0.2) is 0 Å². The third-order valence-electron chi connectivity index (χ3n) is 9.64. The summed E-state index contributed by atoms with van der Waals surface area (Å²) in [5.41, 5.74) is 8.46. The van der Waals surface area contributed by atoms with Crippen molar-refractivity contribution in [1.82, 2.24) is 0 Å². The van der Waals surface area contributed by atoms with Gasteiger partial charge in [-0.1, -0.05) is 149 Å². The van der Waals surface area contributed by atoms with Crippen molar-refractivity contribution in [3.63, 3.8) is 0 Å². The summed E-state index contributed by atoms with van der Waals surface area (Å²) in [6, 6.07) is 53.0. The van der Waals surface area contributed by atoms with Gasteiger partial charge in [0.05, 0.1) is 0 Å². The normalized spacial score (nSPS) is 12.6. The van der Waals surface area contributed by atoms with Crippen molar-refractivity contribution in [2.75, 3.05) is 0 Å². The van der Waals surface area contributed by atoms with E-state index in [0.29, 0.717) is 0 Å². The largest absolute Gasteiger partial charge is 0.456 e. The highest BCUT2D eigenvalue weighted by molar-refractivity contribution is 9.10. The van der Waals surface area contributed by atoms with E-state index in [1.54, 1.807) is 0 Å². The van der Waals surface area contributed by atoms with Gasteiger partial charge in [0.1, 0.15) is 11.2 Å². The summed E-state index contributed by atoms with van der Waals surface area (Å²) in [6.45, 7) is 0. The van der Waals surface area contributed by atoms with E-state index in [0.717, 1.165) is 28.5 Å². The van der Waals surface area contributed by atoms with Crippen LogP contribution in [0.3, 0.4) is 0 Å². The van der Waals surface area contributed by atoms with Crippen molar-refractivity contribution in [1.29, 1.82) is 0 Å². The highest BCUT2D eigenvalue weighted by Gasteiger charge is 2.24. The Kier molecular flexibility index (Phi) is 6.24. The van der Waals surface area contributed by atoms with Crippen molar-refractivity contribution in [3.05, 3.63) is 167 Å². The van der Waals surface area contributed by atoms with E-state index in [1.165, 1.54) is 70.9 Å². The van der Waals surface area contributed by atoms with E-state index in [4.69, 9.17) is 4.42 Å². The lowest BCUT2D eigenvalue weighted by Crippen LogP contribution is -2.06. The number of furan rings is 1. The minimum Gasteiger partial charge on any atom is -0.456 e. The molecular weight excluding hydrogens is 612 g/mol. The van der Waals surface area contributed by atoms with Gasteiger partial charge < -0.3 is 4.42 Å². The summed E-state index contributed by atoms with van der Waals surface area (Å²) in [7, 11) is 0. The minimum absolute atomic E-state index is 0.131. The first-order chi connectivity index (χ1) is 22.2. The van der Waals surface area contributed by atoms with Gasteiger partial charge in [-0.05, 0) is 79.5 Å². The maximum atomic E-state index is 6.67. The lowest BCUT2D eigenvalue weighted by molar-refractivity contribution is 0.646. The van der Waals surface area contributed by atoms with Gasteiger partial charge in [-0.25, -0.2) is 0 Å². The fourth-order valence-corrected chi connectivity index (χ4v) is 8.01. The monoisotopic (exact) mass is 640 g/mol. The molecule has 45 heavy (non-hydrogen) atoms. The predicted octanol–water partition coefficient (Wildman–Crippen LogP) is 12.7. The number of hydrogen-bond acceptors (Lipinski definition) is 1. The smallest absolute Gasteiger partial charge is 0.139 e. The molecule has 0 N–H and O–H groups in total. The lowest BCUT2D eigenvalue weighted by atomic mass is 9.81. The second-order valence-corrected chi connectivity index (χ2v) is 12.9. The summed E-state index contributed by atoms with van der Waals surface area (Å²) < 4.78 is 7.80. The van der Waals surface area contributed by atoms with Crippen molar-refractivity contribution in [2.45, 2.75) is 18.8 Å². The fraction of sp³-hybridized carbons (Fsp3) is 0.0698. The third-order valence-corrected chi connectivity index (χ3v) is 10.3. The molecule has 1 atom stereocenters. The molecule has 1 aromatic heterocycles. The minimum atomic E-state index is 0.131. The van der Waals surface area contributed by atoms with E-state index >= 15 is 0 Å². The van der Waals surface area contributed by atoms with Crippen LogP contribution in [0.1, 0.15) is 29.0 Å². The first-order valence-electron chi connectivity index (χ1n) is 15.6. The van der Waals surface area contributed by atoms with Gasteiger partial charge >= 0.3 is 0 Å². The molecule has 0 saturated heterocycles. The quantitative estimate of drug-likeness (QED) is 0.165. The van der Waals surface area contributed by atoms with Crippen LogP contribution < -0.4 is 0 Å². The number of rotatable bonds is 6. The second kappa shape index (κ2) is 10.6. The predicted molar refractivity (Wildman–Crippen MR) is 194 cm³/mol. The molecule has 0 radical (unpaired) electrons. The first-order valence-corrected chi connectivity index (χ1v) is 16.4. The van der Waals surface area contributed by atoms with Crippen LogP contribution in [0.5, 0.6) is 0 Å². The number of halogens is 1.